The van der Waals surface area contributed by atoms with Crippen molar-refractivity contribution in [2.45, 2.75) is 63.5 Å². The number of alkyl halides is 8. The van der Waals surface area contributed by atoms with Crippen LogP contribution in [-0.2, 0) is 20.4 Å². The number of nitrogens with zero attached hydrogens (tertiary/aromatic N) is 1. The summed E-state index contributed by atoms with van der Waals surface area (Å²) < 4.78 is 142. The van der Waals surface area contributed by atoms with Crippen molar-refractivity contribution in [2.24, 2.45) is 0 Å². The number of benzene rings is 2. The molecule has 0 spiro atoms. The highest BCUT2D eigenvalue weighted by Gasteiger charge is 2.65. The molecule has 2 aromatic rings. The molecule has 15 heteroatoms. The van der Waals surface area contributed by atoms with E-state index in [1.807, 2.05) is 0 Å². The molecule has 232 valence electrons. The summed E-state index contributed by atoms with van der Waals surface area (Å²) in [6.45, 7) is -2.05. The molecule has 0 fully saturated rings. The van der Waals surface area contributed by atoms with Crippen LogP contribution >= 0.6 is 0 Å². The van der Waals surface area contributed by atoms with Gasteiger partial charge in [-0.25, -0.2) is 12.7 Å². The van der Waals surface area contributed by atoms with Gasteiger partial charge in [-0.2, -0.15) is 35.1 Å². The molecule has 0 aliphatic carbocycles. The molecule has 1 unspecified atom stereocenters. The lowest BCUT2D eigenvalue weighted by atomic mass is 9.78. The highest BCUT2D eigenvalue weighted by Crippen LogP contribution is 2.53. The van der Waals surface area contributed by atoms with E-state index >= 15 is 13.2 Å². The summed E-state index contributed by atoms with van der Waals surface area (Å²) in [5.74, 6) is -2.44. The van der Waals surface area contributed by atoms with Crippen LogP contribution < -0.4 is 9.47 Å². The van der Waals surface area contributed by atoms with Gasteiger partial charge in [-0.15, -0.1) is 0 Å². The molecule has 0 N–H and O–H groups in total. The van der Waals surface area contributed by atoms with E-state index in [1.54, 1.807) is 0 Å². The molecule has 6 nitrogen and oxygen atoms in total. The summed E-state index contributed by atoms with van der Waals surface area (Å²) in [5, 5.41) is 0. The van der Waals surface area contributed by atoms with Gasteiger partial charge in [0.15, 0.2) is 5.54 Å². The van der Waals surface area contributed by atoms with Crippen LogP contribution in [-0.4, -0.2) is 50.0 Å². The summed E-state index contributed by atoms with van der Waals surface area (Å²) in [7, 11) is -4.77. The third-order valence-corrected chi connectivity index (χ3v) is 8.34. The topological polar surface area (TPSA) is 72.9 Å². The Morgan fingerprint density at radius 2 is 1.50 bits per heavy atom. The van der Waals surface area contributed by atoms with E-state index in [0.29, 0.717) is 0 Å². The Labute approximate surface area is 237 Å². The first kappa shape index (κ1) is 33.1. The number of hydrogen-bond acceptors (Lipinski definition) is 5. The van der Waals surface area contributed by atoms with E-state index in [4.69, 9.17) is 4.74 Å². The van der Waals surface area contributed by atoms with Gasteiger partial charge in [-0.3, -0.25) is 4.79 Å². The van der Waals surface area contributed by atoms with Gasteiger partial charge in [-0.1, -0.05) is 24.3 Å². The van der Waals surface area contributed by atoms with Gasteiger partial charge in [0, 0.05) is 18.9 Å². The van der Waals surface area contributed by atoms with Crippen LogP contribution in [0.5, 0.6) is 11.5 Å². The van der Waals surface area contributed by atoms with Gasteiger partial charge in [0.1, 0.15) is 11.5 Å². The summed E-state index contributed by atoms with van der Waals surface area (Å²) >= 11 is 0. The lowest BCUT2D eigenvalue weighted by molar-refractivity contribution is -0.221. The SMILES string of the molecule is CCS(=O)(=O)N1C(=O)C=C(c2ccc(OC(F)F)cc2)CC1(c1ccc(OCCCCCC(F)(F)F)cc1)C(F)(F)F. The second-order valence-corrected chi connectivity index (χ2v) is 11.5. The van der Waals surface area contributed by atoms with Crippen molar-refractivity contribution in [2.75, 3.05) is 12.4 Å². The van der Waals surface area contributed by atoms with E-state index in [2.05, 4.69) is 4.74 Å². The molecule has 0 saturated heterocycles. The van der Waals surface area contributed by atoms with Crippen LogP contribution in [0.3, 0.4) is 0 Å². The Bertz CT molecular complexity index is 1360. The van der Waals surface area contributed by atoms with Crippen LogP contribution in [0.4, 0.5) is 35.1 Å². The summed E-state index contributed by atoms with van der Waals surface area (Å²) in [6, 6.07) is 8.74. The third kappa shape index (κ3) is 7.72. The monoisotopic (exact) mass is 629 g/mol. The zero-order chi connectivity index (χ0) is 31.3. The average Bonchev–Trinajstić information content (AvgIpc) is 2.89. The van der Waals surface area contributed by atoms with Gasteiger partial charge in [0.25, 0.3) is 5.91 Å². The number of carbonyl (C=O) groups excluding carboxylic acids is 1. The highest BCUT2D eigenvalue weighted by molar-refractivity contribution is 7.89. The number of sulfonamides is 1. The van der Waals surface area contributed by atoms with Crippen molar-refractivity contribution in [3.63, 3.8) is 0 Å². The van der Waals surface area contributed by atoms with Crippen LogP contribution in [0, 0.1) is 0 Å². The van der Waals surface area contributed by atoms with Crippen LogP contribution in [0.2, 0.25) is 0 Å². The smallest absolute Gasteiger partial charge is 0.417 e. The fourth-order valence-corrected chi connectivity index (χ4v) is 5.89. The fourth-order valence-electron chi connectivity index (χ4n) is 4.55. The zero-order valence-electron chi connectivity index (χ0n) is 22.1. The minimum absolute atomic E-state index is 0.00536. The largest absolute Gasteiger partial charge is 0.494 e. The normalized spacial score (nSPS) is 18.3. The molecule has 0 aromatic heterocycles. The van der Waals surface area contributed by atoms with Gasteiger partial charge < -0.3 is 9.47 Å². The summed E-state index contributed by atoms with van der Waals surface area (Å²) in [5.41, 5.74) is -4.08. The first-order valence-corrected chi connectivity index (χ1v) is 14.3. The highest BCUT2D eigenvalue weighted by atomic mass is 32.2. The zero-order valence-corrected chi connectivity index (χ0v) is 23.0. The Kier molecular flexibility index (Phi) is 10.2. The summed E-state index contributed by atoms with van der Waals surface area (Å²) in [6.07, 6.45) is -10.4. The Morgan fingerprint density at radius 3 is 2.02 bits per heavy atom. The Morgan fingerprint density at radius 1 is 0.905 bits per heavy atom. The summed E-state index contributed by atoms with van der Waals surface area (Å²) in [4.78, 5) is 13.1. The molecule has 1 aliphatic rings. The lowest BCUT2D eigenvalue weighted by Crippen LogP contribution is -2.62. The third-order valence-electron chi connectivity index (χ3n) is 6.56. The second-order valence-electron chi connectivity index (χ2n) is 9.41. The molecular formula is C27H27F8NO5S. The number of ether oxygens (including phenoxy) is 2. The molecule has 2 aromatic carbocycles. The van der Waals surface area contributed by atoms with E-state index in [-0.39, 0.29) is 52.8 Å². The van der Waals surface area contributed by atoms with Crippen molar-refractivity contribution in [3.8, 4) is 11.5 Å². The predicted octanol–water partition coefficient (Wildman–Crippen LogP) is 7.21. The average molecular weight is 630 g/mol. The van der Waals surface area contributed by atoms with Crippen LogP contribution in [0.1, 0.15) is 50.2 Å². The molecule has 1 amide bonds. The van der Waals surface area contributed by atoms with Crippen LogP contribution in [0.25, 0.3) is 5.57 Å². The Balaban J connectivity index is 1.96. The maximum atomic E-state index is 15.1. The number of unbranched alkanes of at least 4 members (excludes halogenated alkanes) is 2. The van der Waals surface area contributed by atoms with E-state index in [0.717, 1.165) is 49.4 Å². The standard InChI is InChI=1S/C27H27F8NO5S/c1-2-42(38,39)36-23(37)16-19(18-6-10-22(11-7-18)41-24(28)29)17-25(36,27(33,34)35)20-8-12-21(13-9-20)40-15-5-3-4-14-26(30,31)32/h6-13,16,24H,2-5,14-15,17H2,1H3. The molecule has 3 rings (SSSR count). The first-order chi connectivity index (χ1) is 19.5. The molecule has 42 heavy (non-hydrogen) atoms. The predicted molar refractivity (Wildman–Crippen MR) is 136 cm³/mol. The van der Waals surface area contributed by atoms with Crippen molar-refractivity contribution >= 4 is 21.5 Å². The van der Waals surface area contributed by atoms with Gasteiger partial charge in [0.2, 0.25) is 10.0 Å². The molecule has 0 saturated carbocycles. The molecule has 1 heterocycles. The maximum Gasteiger partial charge on any atom is 0.417 e. The molecule has 0 bridgehead atoms. The van der Waals surface area contributed by atoms with Crippen molar-refractivity contribution in [3.05, 3.63) is 65.7 Å². The second kappa shape index (κ2) is 12.9. The van der Waals surface area contributed by atoms with E-state index < -0.39 is 64.6 Å². The number of halogens is 8. The minimum atomic E-state index is -5.32. The van der Waals surface area contributed by atoms with Crippen molar-refractivity contribution in [1.82, 2.24) is 4.31 Å². The lowest BCUT2D eigenvalue weighted by Gasteiger charge is -2.46. The van der Waals surface area contributed by atoms with E-state index in [9.17, 15) is 35.2 Å². The first-order valence-electron chi connectivity index (χ1n) is 12.7. The van der Waals surface area contributed by atoms with Crippen molar-refractivity contribution in [1.29, 1.82) is 0 Å². The van der Waals surface area contributed by atoms with E-state index in [1.165, 1.54) is 12.1 Å². The van der Waals surface area contributed by atoms with Crippen LogP contribution in [0.15, 0.2) is 54.6 Å². The molecular weight excluding hydrogens is 602 g/mol. The molecule has 1 aliphatic heterocycles. The van der Waals surface area contributed by atoms with Crippen molar-refractivity contribution < 1.29 is 57.8 Å². The van der Waals surface area contributed by atoms with Gasteiger partial charge >= 0.3 is 19.0 Å². The number of rotatable bonds is 12. The number of carbonyl (C=O) groups is 1. The Hall–Kier alpha value is -3.36. The van der Waals surface area contributed by atoms with Gasteiger partial charge in [-0.05, 0) is 67.2 Å². The number of hydrogen-bond donors (Lipinski definition) is 0. The molecule has 1 atom stereocenters. The maximum absolute atomic E-state index is 15.1. The number of amides is 1. The quantitative estimate of drug-likeness (QED) is 0.183. The minimum Gasteiger partial charge on any atom is -0.494 e. The molecule has 0 radical (unpaired) electrons. The van der Waals surface area contributed by atoms with Gasteiger partial charge in [0.05, 0.1) is 12.4 Å². The fraction of sp³-hybridized carbons (Fsp3) is 0.444.